The SMILES string of the molecule is Cc1cccc(OC[C@@H](O)CSc2nc(C)nc3sc4c(c23)CCC4)c1. The van der Waals surface area contributed by atoms with Crippen molar-refractivity contribution in [3.63, 3.8) is 0 Å². The number of hydrogen-bond acceptors (Lipinski definition) is 6. The van der Waals surface area contributed by atoms with E-state index in [2.05, 4.69) is 9.97 Å². The zero-order valence-electron chi connectivity index (χ0n) is 15.0. The topological polar surface area (TPSA) is 55.2 Å². The molecule has 1 aromatic carbocycles. The number of aliphatic hydroxyl groups excluding tert-OH is 1. The van der Waals surface area contributed by atoms with Crippen molar-refractivity contribution in [1.29, 1.82) is 0 Å². The molecule has 0 radical (unpaired) electrons. The molecule has 4 nitrogen and oxygen atoms in total. The zero-order valence-corrected chi connectivity index (χ0v) is 16.6. The van der Waals surface area contributed by atoms with Gasteiger partial charge in [-0.1, -0.05) is 12.1 Å². The minimum atomic E-state index is -0.544. The molecule has 0 spiro atoms. The quantitative estimate of drug-likeness (QED) is 0.505. The highest BCUT2D eigenvalue weighted by Crippen LogP contribution is 2.40. The van der Waals surface area contributed by atoms with Crippen molar-refractivity contribution in [3.05, 3.63) is 46.1 Å². The van der Waals surface area contributed by atoms with Gasteiger partial charge in [0.15, 0.2) is 0 Å². The summed E-state index contributed by atoms with van der Waals surface area (Å²) in [5, 5.41) is 12.6. The van der Waals surface area contributed by atoms with Crippen LogP contribution in [0, 0.1) is 13.8 Å². The fourth-order valence-electron chi connectivity index (χ4n) is 3.29. The molecule has 136 valence electrons. The Bertz CT molecular complexity index is 939. The van der Waals surface area contributed by atoms with Crippen LogP contribution in [-0.4, -0.2) is 33.5 Å². The van der Waals surface area contributed by atoms with Crippen LogP contribution < -0.4 is 4.74 Å². The lowest BCUT2D eigenvalue weighted by atomic mass is 10.2. The highest BCUT2D eigenvalue weighted by atomic mass is 32.2. The Hall–Kier alpha value is -1.63. The Morgan fingerprint density at radius 1 is 1.27 bits per heavy atom. The van der Waals surface area contributed by atoms with Gasteiger partial charge in [-0.05, 0) is 56.4 Å². The van der Waals surface area contributed by atoms with Crippen LogP contribution in [0.25, 0.3) is 10.2 Å². The first kappa shape index (κ1) is 17.8. The molecular weight excluding hydrogens is 364 g/mol. The van der Waals surface area contributed by atoms with Gasteiger partial charge in [0.05, 0.1) is 6.10 Å². The monoisotopic (exact) mass is 386 g/mol. The highest BCUT2D eigenvalue weighted by Gasteiger charge is 2.22. The molecule has 2 aromatic heterocycles. The van der Waals surface area contributed by atoms with E-state index in [4.69, 9.17) is 4.74 Å². The summed E-state index contributed by atoms with van der Waals surface area (Å²) < 4.78 is 5.71. The molecule has 2 heterocycles. The van der Waals surface area contributed by atoms with Gasteiger partial charge < -0.3 is 9.84 Å². The first-order valence-corrected chi connectivity index (χ1v) is 10.7. The van der Waals surface area contributed by atoms with Crippen molar-refractivity contribution in [2.45, 2.75) is 44.2 Å². The van der Waals surface area contributed by atoms with Crippen molar-refractivity contribution in [2.75, 3.05) is 12.4 Å². The number of nitrogens with zero attached hydrogens (tertiary/aromatic N) is 2. The largest absolute Gasteiger partial charge is 0.491 e. The Kier molecular flexibility index (Phi) is 5.16. The molecule has 0 unspecified atom stereocenters. The normalized spacial score (nSPS) is 14.6. The maximum atomic E-state index is 10.3. The van der Waals surface area contributed by atoms with Gasteiger partial charge >= 0.3 is 0 Å². The minimum absolute atomic E-state index is 0.283. The molecule has 4 rings (SSSR count). The number of benzene rings is 1. The lowest BCUT2D eigenvalue weighted by Gasteiger charge is -2.13. The second-order valence-electron chi connectivity index (χ2n) is 6.71. The van der Waals surface area contributed by atoms with Crippen LogP contribution in [0.5, 0.6) is 5.75 Å². The van der Waals surface area contributed by atoms with Gasteiger partial charge in [0.25, 0.3) is 0 Å². The van der Waals surface area contributed by atoms with Crippen molar-refractivity contribution in [3.8, 4) is 5.75 Å². The summed E-state index contributed by atoms with van der Waals surface area (Å²) >= 11 is 3.41. The Labute approximate surface area is 161 Å². The van der Waals surface area contributed by atoms with Gasteiger partial charge in [-0.25, -0.2) is 9.97 Å². The number of rotatable bonds is 6. The summed E-state index contributed by atoms with van der Waals surface area (Å²) in [6.45, 7) is 4.25. The Morgan fingerprint density at radius 2 is 2.15 bits per heavy atom. The summed E-state index contributed by atoms with van der Waals surface area (Å²) in [6, 6.07) is 7.88. The molecule has 1 aliphatic rings. The van der Waals surface area contributed by atoms with Crippen LogP contribution in [0.3, 0.4) is 0 Å². The Balaban J connectivity index is 1.44. The second kappa shape index (κ2) is 7.55. The van der Waals surface area contributed by atoms with E-state index in [0.29, 0.717) is 5.75 Å². The van der Waals surface area contributed by atoms with E-state index in [-0.39, 0.29) is 6.61 Å². The van der Waals surface area contributed by atoms with Crippen LogP contribution in [0.15, 0.2) is 29.3 Å². The van der Waals surface area contributed by atoms with E-state index in [1.54, 1.807) is 23.1 Å². The van der Waals surface area contributed by atoms with Gasteiger partial charge in [0.1, 0.15) is 28.0 Å². The van der Waals surface area contributed by atoms with Crippen LogP contribution in [0.2, 0.25) is 0 Å². The number of thioether (sulfide) groups is 1. The zero-order chi connectivity index (χ0) is 18.1. The summed E-state index contributed by atoms with van der Waals surface area (Å²) in [7, 11) is 0. The smallest absolute Gasteiger partial charge is 0.128 e. The molecule has 1 aliphatic carbocycles. The molecular formula is C20H22N2O2S2. The summed E-state index contributed by atoms with van der Waals surface area (Å²) in [4.78, 5) is 11.8. The number of aryl methyl sites for hydroxylation is 4. The molecule has 26 heavy (non-hydrogen) atoms. The van der Waals surface area contributed by atoms with Crippen molar-refractivity contribution < 1.29 is 9.84 Å². The van der Waals surface area contributed by atoms with E-state index in [1.807, 2.05) is 38.1 Å². The lowest BCUT2D eigenvalue weighted by Crippen LogP contribution is -2.20. The predicted octanol–water partition coefficient (Wildman–Crippen LogP) is 4.33. The fraction of sp³-hybridized carbons (Fsp3) is 0.400. The standard InChI is InChI=1S/C20H22N2O2S2/c1-12-5-3-6-15(9-12)24-10-14(23)11-25-19-18-16-7-4-8-17(16)26-20(18)22-13(2)21-19/h3,5-6,9,14,23H,4,7-8,10-11H2,1-2H3/t14-/m1/s1. The molecule has 0 saturated heterocycles. The van der Waals surface area contributed by atoms with E-state index in [1.165, 1.54) is 22.2 Å². The number of hydrogen-bond donors (Lipinski definition) is 1. The van der Waals surface area contributed by atoms with E-state index < -0.39 is 6.10 Å². The van der Waals surface area contributed by atoms with Crippen LogP contribution in [0.4, 0.5) is 0 Å². The van der Waals surface area contributed by atoms with Crippen molar-refractivity contribution in [2.24, 2.45) is 0 Å². The molecule has 0 aliphatic heterocycles. The van der Waals surface area contributed by atoms with Crippen LogP contribution in [-0.2, 0) is 12.8 Å². The maximum Gasteiger partial charge on any atom is 0.128 e. The third-order valence-corrected chi connectivity index (χ3v) is 6.79. The number of ether oxygens (including phenoxy) is 1. The average Bonchev–Trinajstić information content (AvgIpc) is 3.18. The van der Waals surface area contributed by atoms with E-state index >= 15 is 0 Å². The van der Waals surface area contributed by atoms with Gasteiger partial charge in [-0.15, -0.1) is 23.1 Å². The molecule has 1 N–H and O–H groups in total. The molecule has 0 fully saturated rings. The van der Waals surface area contributed by atoms with Crippen LogP contribution >= 0.6 is 23.1 Å². The van der Waals surface area contributed by atoms with Gasteiger partial charge in [0, 0.05) is 16.0 Å². The van der Waals surface area contributed by atoms with E-state index in [9.17, 15) is 5.11 Å². The second-order valence-corrected chi connectivity index (χ2v) is 8.80. The summed E-state index contributed by atoms with van der Waals surface area (Å²) in [5.74, 6) is 2.15. The van der Waals surface area contributed by atoms with Gasteiger partial charge in [-0.2, -0.15) is 0 Å². The molecule has 0 saturated carbocycles. The third kappa shape index (κ3) is 3.72. The Morgan fingerprint density at radius 3 is 3.00 bits per heavy atom. The summed E-state index contributed by atoms with van der Waals surface area (Å²) in [6.07, 6.45) is 2.96. The van der Waals surface area contributed by atoms with E-state index in [0.717, 1.165) is 39.8 Å². The van der Waals surface area contributed by atoms with Crippen LogP contribution in [0.1, 0.15) is 28.2 Å². The number of thiophene rings is 1. The molecule has 3 aromatic rings. The maximum absolute atomic E-state index is 10.3. The first-order chi connectivity index (χ1) is 12.6. The summed E-state index contributed by atoms with van der Waals surface area (Å²) in [5.41, 5.74) is 2.58. The molecule has 6 heteroatoms. The highest BCUT2D eigenvalue weighted by molar-refractivity contribution is 7.99. The predicted molar refractivity (Wildman–Crippen MR) is 108 cm³/mol. The van der Waals surface area contributed by atoms with Gasteiger partial charge in [0.2, 0.25) is 0 Å². The third-order valence-electron chi connectivity index (χ3n) is 4.49. The number of fused-ring (bicyclic) bond motifs is 3. The lowest BCUT2D eigenvalue weighted by molar-refractivity contribution is 0.126. The minimum Gasteiger partial charge on any atom is -0.491 e. The average molecular weight is 387 g/mol. The van der Waals surface area contributed by atoms with Crippen molar-refractivity contribution in [1.82, 2.24) is 9.97 Å². The number of aromatic nitrogens is 2. The van der Waals surface area contributed by atoms with Crippen molar-refractivity contribution >= 4 is 33.3 Å². The first-order valence-electron chi connectivity index (χ1n) is 8.89. The molecule has 0 bridgehead atoms. The molecule has 1 atom stereocenters. The molecule has 0 amide bonds. The number of aliphatic hydroxyl groups is 1. The van der Waals surface area contributed by atoms with Gasteiger partial charge in [-0.3, -0.25) is 0 Å². The fourth-order valence-corrected chi connectivity index (χ4v) is 5.67.